The van der Waals surface area contributed by atoms with E-state index in [1.807, 2.05) is 24.3 Å². The highest BCUT2D eigenvalue weighted by Gasteiger charge is 2.13. The first-order valence-electron chi connectivity index (χ1n) is 7.89. The van der Waals surface area contributed by atoms with Crippen molar-refractivity contribution in [1.29, 1.82) is 0 Å². The third-order valence-corrected chi connectivity index (χ3v) is 3.72. The SMILES string of the molecule is COc1ccc(-c2nnc(COc3ccc(OC)cc3C(C)=O)o2)cc1. The summed E-state index contributed by atoms with van der Waals surface area (Å²) in [5.74, 6) is 2.33. The number of methoxy groups -OCH3 is 2. The predicted octanol–water partition coefficient (Wildman–Crippen LogP) is 3.54. The number of carbonyl (C=O) groups excluding carboxylic acids is 1. The number of carbonyl (C=O) groups is 1. The lowest BCUT2D eigenvalue weighted by Gasteiger charge is -2.09. The minimum atomic E-state index is -0.122. The number of ether oxygens (including phenoxy) is 3. The zero-order valence-electron chi connectivity index (χ0n) is 14.7. The lowest BCUT2D eigenvalue weighted by molar-refractivity contribution is 0.101. The van der Waals surface area contributed by atoms with Gasteiger partial charge in [-0.05, 0) is 49.4 Å². The zero-order chi connectivity index (χ0) is 18.5. The second-order valence-corrected chi connectivity index (χ2v) is 5.44. The maximum atomic E-state index is 11.8. The van der Waals surface area contributed by atoms with Gasteiger partial charge in [-0.2, -0.15) is 0 Å². The maximum Gasteiger partial charge on any atom is 0.254 e. The van der Waals surface area contributed by atoms with Crippen LogP contribution in [-0.2, 0) is 6.61 Å². The van der Waals surface area contributed by atoms with Crippen molar-refractivity contribution in [3.05, 3.63) is 53.9 Å². The molecule has 0 aliphatic carbocycles. The van der Waals surface area contributed by atoms with Crippen LogP contribution in [0.2, 0.25) is 0 Å². The van der Waals surface area contributed by atoms with E-state index >= 15 is 0 Å². The molecule has 0 bridgehead atoms. The molecule has 2 aromatic carbocycles. The molecule has 3 rings (SSSR count). The molecular formula is C19H18N2O5. The van der Waals surface area contributed by atoms with Crippen molar-refractivity contribution in [3.63, 3.8) is 0 Å². The molecule has 0 spiro atoms. The minimum absolute atomic E-state index is 0.0514. The van der Waals surface area contributed by atoms with Crippen LogP contribution >= 0.6 is 0 Å². The fourth-order valence-electron chi connectivity index (χ4n) is 2.34. The molecule has 134 valence electrons. The minimum Gasteiger partial charge on any atom is -0.497 e. The van der Waals surface area contributed by atoms with Gasteiger partial charge >= 0.3 is 0 Å². The van der Waals surface area contributed by atoms with Crippen LogP contribution < -0.4 is 14.2 Å². The summed E-state index contributed by atoms with van der Waals surface area (Å²) in [4.78, 5) is 11.8. The van der Waals surface area contributed by atoms with Gasteiger partial charge in [0, 0.05) is 5.56 Å². The van der Waals surface area contributed by atoms with E-state index in [1.54, 1.807) is 32.4 Å². The fourth-order valence-corrected chi connectivity index (χ4v) is 2.34. The Morgan fingerprint density at radius 3 is 2.35 bits per heavy atom. The molecule has 0 radical (unpaired) electrons. The van der Waals surface area contributed by atoms with E-state index in [1.165, 1.54) is 6.92 Å². The topological polar surface area (TPSA) is 83.7 Å². The Morgan fingerprint density at radius 2 is 1.69 bits per heavy atom. The molecule has 1 aromatic heterocycles. The summed E-state index contributed by atoms with van der Waals surface area (Å²) in [5, 5.41) is 7.99. The van der Waals surface area contributed by atoms with E-state index < -0.39 is 0 Å². The third-order valence-electron chi connectivity index (χ3n) is 3.72. The molecule has 0 atom stereocenters. The smallest absolute Gasteiger partial charge is 0.254 e. The summed E-state index contributed by atoms with van der Waals surface area (Å²) >= 11 is 0. The van der Waals surface area contributed by atoms with E-state index in [4.69, 9.17) is 18.6 Å². The molecule has 3 aromatic rings. The number of nitrogens with zero attached hydrogens (tertiary/aromatic N) is 2. The highest BCUT2D eigenvalue weighted by Crippen LogP contribution is 2.26. The number of aromatic nitrogens is 2. The Bertz CT molecular complexity index is 903. The van der Waals surface area contributed by atoms with Crippen LogP contribution in [0.15, 0.2) is 46.9 Å². The standard InChI is InChI=1S/C19H18N2O5/c1-12(22)16-10-15(24-3)8-9-17(16)25-11-18-20-21-19(26-18)13-4-6-14(23-2)7-5-13/h4-10H,11H2,1-3H3. The molecule has 7 nitrogen and oxygen atoms in total. The van der Waals surface area contributed by atoms with Crippen molar-refractivity contribution in [3.8, 4) is 28.7 Å². The Hall–Kier alpha value is -3.35. The van der Waals surface area contributed by atoms with E-state index in [9.17, 15) is 4.79 Å². The molecule has 26 heavy (non-hydrogen) atoms. The van der Waals surface area contributed by atoms with Crippen molar-refractivity contribution in [2.75, 3.05) is 14.2 Å². The lowest BCUT2D eigenvalue weighted by atomic mass is 10.1. The second-order valence-electron chi connectivity index (χ2n) is 5.44. The summed E-state index contributed by atoms with van der Waals surface area (Å²) in [7, 11) is 3.14. The van der Waals surface area contributed by atoms with Gasteiger partial charge in [-0.3, -0.25) is 4.79 Å². The lowest BCUT2D eigenvalue weighted by Crippen LogP contribution is -2.02. The monoisotopic (exact) mass is 354 g/mol. The first-order valence-corrected chi connectivity index (χ1v) is 7.89. The Kier molecular flexibility index (Phi) is 5.17. The van der Waals surface area contributed by atoms with E-state index in [0.717, 1.165) is 11.3 Å². The number of hydrogen-bond donors (Lipinski definition) is 0. The molecule has 0 saturated heterocycles. The highest BCUT2D eigenvalue weighted by molar-refractivity contribution is 5.97. The Labute approximate surface area is 150 Å². The van der Waals surface area contributed by atoms with Crippen LogP contribution in [0.25, 0.3) is 11.5 Å². The first kappa shape index (κ1) is 17.5. The van der Waals surface area contributed by atoms with Crippen LogP contribution in [0.1, 0.15) is 23.2 Å². The van der Waals surface area contributed by atoms with Gasteiger partial charge in [0.2, 0.25) is 5.89 Å². The summed E-state index contributed by atoms with van der Waals surface area (Å²) in [5.41, 5.74) is 1.21. The van der Waals surface area contributed by atoms with Crippen molar-refractivity contribution in [1.82, 2.24) is 10.2 Å². The average molecular weight is 354 g/mol. The van der Waals surface area contributed by atoms with Gasteiger partial charge in [0.1, 0.15) is 17.2 Å². The molecule has 7 heteroatoms. The number of Topliss-reactive ketones (excluding diaryl/α,β-unsaturated/α-hetero) is 1. The normalized spacial score (nSPS) is 10.4. The van der Waals surface area contributed by atoms with Crippen molar-refractivity contribution in [2.45, 2.75) is 13.5 Å². The molecule has 0 saturated carbocycles. The van der Waals surface area contributed by atoms with Crippen LogP contribution in [-0.4, -0.2) is 30.2 Å². The van der Waals surface area contributed by atoms with Gasteiger partial charge in [-0.1, -0.05) is 0 Å². The molecule has 0 unspecified atom stereocenters. The number of benzene rings is 2. The van der Waals surface area contributed by atoms with Crippen LogP contribution in [0, 0.1) is 0 Å². The molecule has 0 N–H and O–H groups in total. The summed E-state index contributed by atoms with van der Waals surface area (Å²) in [6.45, 7) is 1.52. The van der Waals surface area contributed by atoms with Crippen LogP contribution in [0.3, 0.4) is 0 Å². The van der Waals surface area contributed by atoms with Gasteiger partial charge < -0.3 is 18.6 Å². The molecule has 1 heterocycles. The number of rotatable bonds is 7. The van der Waals surface area contributed by atoms with Gasteiger partial charge in [0.05, 0.1) is 19.8 Å². The average Bonchev–Trinajstić information content (AvgIpc) is 3.15. The second kappa shape index (κ2) is 7.69. The zero-order valence-corrected chi connectivity index (χ0v) is 14.7. The van der Waals surface area contributed by atoms with Crippen molar-refractivity contribution < 1.29 is 23.4 Å². The van der Waals surface area contributed by atoms with Crippen LogP contribution in [0.5, 0.6) is 17.2 Å². The first-order chi connectivity index (χ1) is 12.6. The predicted molar refractivity (Wildman–Crippen MR) is 93.6 cm³/mol. The molecule has 0 fully saturated rings. The molecule has 0 amide bonds. The highest BCUT2D eigenvalue weighted by atomic mass is 16.5. The number of ketones is 1. The maximum absolute atomic E-state index is 11.8. The summed E-state index contributed by atoms with van der Waals surface area (Å²) in [6.07, 6.45) is 0. The summed E-state index contributed by atoms with van der Waals surface area (Å²) < 4.78 is 21.5. The number of hydrogen-bond acceptors (Lipinski definition) is 7. The van der Waals surface area contributed by atoms with E-state index in [2.05, 4.69) is 10.2 Å². The van der Waals surface area contributed by atoms with E-state index in [0.29, 0.717) is 28.8 Å². The summed E-state index contributed by atoms with van der Waals surface area (Å²) in [6, 6.07) is 12.3. The van der Waals surface area contributed by atoms with Gasteiger partial charge in [-0.25, -0.2) is 0 Å². The molecule has 0 aliphatic rings. The fraction of sp³-hybridized carbons (Fsp3) is 0.211. The molecule has 0 aliphatic heterocycles. The van der Waals surface area contributed by atoms with Gasteiger partial charge in [-0.15, -0.1) is 10.2 Å². The van der Waals surface area contributed by atoms with Gasteiger partial charge in [0.15, 0.2) is 12.4 Å². The van der Waals surface area contributed by atoms with Crippen molar-refractivity contribution in [2.24, 2.45) is 0 Å². The van der Waals surface area contributed by atoms with E-state index in [-0.39, 0.29) is 12.4 Å². The quantitative estimate of drug-likeness (QED) is 0.600. The van der Waals surface area contributed by atoms with Crippen molar-refractivity contribution >= 4 is 5.78 Å². The Morgan fingerprint density at radius 1 is 1.00 bits per heavy atom. The third kappa shape index (κ3) is 3.83. The largest absolute Gasteiger partial charge is 0.497 e. The van der Waals surface area contributed by atoms with Crippen LogP contribution in [0.4, 0.5) is 0 Å². The Balaban J connectivity index is 1.73. The van der Waals surface area contributed by atoms with Gasteiger partial charge in [0.25, 0.3) is 5.89 Å². The molecular weight excluding hydrogens is 336 g/mol.